The number of nitrogens with one attached hydrogen (secondary N) is 2. The molecule has 0 aliphatic carbocycles. The molecule has 22 heavy (non-hydrogen) atoms. The van der Waals surface area contributed by atoms with Gasteiger partial charge in [-0.1, -0.05) is 19.8 Å². The highest BCUT2D eigenvalue weighted by Gasteiger charge is 2.08. The Hall–Kier alpha value is -2.09. The summed E-state index contributed by atoms with van der Waals surface area (Å²) < 4.78 is 25.0. The summed E-state index contributed by atoms with van der Waals surface area (Å²) in [7, 11) is -3.63. The van der Waals surface area contributed by atoms with Crippen LogP contribution in [0.3, 0.4) is 0 Å². The summed E-state index contributed by atoms with van der Waals surface area (Å²) >= 11 is 0. The van der Waals surface area contributed by atoms with Gasteiger partial charge in [-0.2, -0.15) is 0 Å². The van der Waals surface area contributed by atoms with Crippen LogP contribution in [0.4, 0.5) is 5.69 Å². The van der Waals surface area contributed by atoms with Gasteiger partial charge >= 0.3 is 0 Å². The van der Waals surface area contributed by atoms with Crippen LogP contribution in [0.25, 0.3) is 0 Å². The monoisotopic (exact) mass is 326 g/mol. The lowest BCUT2D eigenvalue weighted by molar-refractivity contribution is 0.0977. The van der Waals surface area contributed by atoms with Crippen LogP contribution in [0.1, 0.15) is 36.5 Å². The van der Waals surface area contributed by atoms with Crippen molar-refractivity contribution < 1.29 is 13.2 Å². The maximum atomic E-state index is 11.9. The smallest absolute Gasteiger partial charge is 0.257 e. The van der Waals surface area contributed by atoms with E-state index < -0.39 is 21.9 Å². The number of hydrogen-bond acceptors (Lipinski definition) is 4. The van der Waals surface area contributed by atoms with Crippen molar-refractivity contribution in [2.45, 2.75) is 26.2 Å². The highest BCUT2D eigenvalue weighted by molar-refractivity contribution is 7.89. The molecule has 0 atom stereocenters. The number of nitrogens with zero attached hydrogens (tertiary/aromatic N) is 1. The van der Waals surface area contributed by atoms with Crippen molar-refractivity contribution in [2.24, 2.45) is 10.1 Å². The standard InChI is InChI=1S/C14H22N4O3S/c1-3-4-5-10-16-12-8-6-11(7-9-12)13(19)17-14(15)18-22(2,20)21/h6-9,16H,3-5,10H2,1-2H3,(H3,15,17,18,19). The molecule has 0 saturated carbocycles. The van der Waals surface area contributed by atoms with Gasteiger partial charge in [0.1, 0.15) is 0 Å². The van der Waals surface area contributed by atoms with Gasteiger partial charge in [0.25, 0.3) is 15.9 Å². The molecule has 1 aromatic carbocycles. The summed E-state index contributed by atoms with van der Waals surface area (Å²) in [6, 6.07) is 6.83. The highest BCUT2D eigenvalue weighted by atomic mass is 32.2. The molecule has 0 unspecified atom stereocenters. The first-order valence-electron chi connectivity index (χ1n) is 7.02. The molecule has 0 bridgehead atoms. The Kier molecular flexibility index (Phi) is 6.84. The molecule has 7 nitrogen and oxygen atoms in total. The second kappa shape index (κ2) is 8.38. The Morgan fingerprint density at radius 2 is 1.86 bits per heavy atom. The first kappa shape index (κ1) is 18.0. The molecule has 1 aromatic rings. The summed E-state index contributed by atoms with van der Waals surface area (Å²) in [5.41, 5.74) is 6.64. The van der Waals surface area contributed by atoms with Crippen molar-refractivity contribution >= 4 is 27.6 Å². The number of carbonyl (C=O) groups excluding carboxylic acids is 1. The third kappa shape index (κ3) is 7.07. The normalized spacial score (nSPS) is 12.0. The SMILES string of the molecule is CCCCCNc1ccc(C(=O)N/C(N)=N\S(C)(=O)=O)cc1. The quantitative estimate of drug-likeness (QED) is 0.397. The number of sulfonamides is 1. The van der Waals surface area contributed by atoms with E-state index in [9.17, 15) is 13.2 Å². The largest absolute Gasteiger partial charge is 0.385 e. The fraction of sp³-hybridized carbons (Fsp3) is 0.429. The van der Waals surface area contributed by atoms with Crippen LogP contribution in [0.2, 0.25) is 0 Å². The van der Waals surface area contributed by atoms with Crippen LogP contribution < -0.4 is 16.4 Å². The van der Waals surface area contributed by atoms with Crippen molar-refractivity contribution in [3.8, 4) is 0 Å². The van der Waals surface area contributed by atoms with Crippen LogP contribution in [-0.2, 0) is 10.0 Å². The van der Waals surface area contributed by atoms with E-state index in [4.69, 9.17) is 5.73 Å². The number of nitrogens with two attached hydrogens (primary N) is 1. The predicted molar refractivity (Wildman–Crippen MR) is 88.4 cm³/mol. The van der Waals surface area contributed by atoms with Crippen molar-refractivity contribution in [3.63, 3.8) is 0 Å². The van der Waals surface area contributed by atoms with Gasteiger partial charge in [0, 0.05) is 17.8 Å². The second-order valence-electron chi connectivity index (χ2n) is 4.87. The van der Waals surface area contributed by atoms with Gasteiger partial charge in [-0.15, -0.1) is 4.40 Å². The molecule has 0 aliphatic rings. The van der Waals surface area contributed by atoms with Gasteiger partial charge in [0.15, 0.2) is 0 Å². The topological polar surface area (TPSA) is 114 Å². The van der Waals surface area contributed by atoms with Gasteiger partial charge in [0.2, 0.25) is 5.96 Å². The van der Waals surface area contributed by atoms with Crippen LogP contribution in [-0.4, -0.2) is 33.1 Å². The Morgan fingerprint density at radius 3 is 2.41 bits per heavy atom. The molecular formula is C14H22N4O3S. The number of hydrogen-bond donors (Lipinski definition) is 3. The minimum Gasteiger partial charge on any atom is -0.385 e. The minimum absolute atomic E-state index is 0.366. The molecule has 1 amide bonds. The number of rotatable bonds is 7. The van der Waals surface area contributed by atoms with Crippen molar-refractivity contribution in [2.75, 3.05) is 18.1 Å². The Labute approximate surface area is 131 Å². The van der Waals surface area contributed by atoms with Crippen molar-refractivity contribution in [1.29, 1.82) is 0 Å². The number of guanidine groups is 1. The molecule has 122 valence electrons. The lowest BCUT2D eigenvalue weighted by Crippen LogP contribution is -2.37. The Bertz CT molecular complexity index is 624. The Balaban J connectivity index is 2.59. The maximum Gasteiger partial charge on any atom is 0.257 e. The molecule has 8 heteroatoms. The van der Waals surface area contributed by atoms with Gasteiger partial charge in [0.05, 0.1) is 6.26 Å². The fourth-order valence-electron chi connectivity index (χ4n) is 1.74. The van der Waals surface area contributed by atoms with Gasteiger partial charge in [-0.3, -0.25) is 10.1 Å². The maximum absolute atomic E-state index is 11.9. The van der Waals surface area contributed by atoms with Crippen LogP contribution in [0.5, 0.6) is 0 Å². The van der Waals surface area contributed by atoms with Gasteiger partial charge in [-0.05, 0) is 30.7 Å². The van der Waals surface area contributed by atoms with Crippen molar-refractivity contribution in [3.05, 3.63) is 29.8 Å². The zero-order chi connectivity index (χ0) is 16.6. The van der Waals surface area contributed by atoms with E-state index in [1.165, 1.54) is 6.42 Å². The molecule has 0 saturated heterocycles. The molecule has 0 fully saturated rings. The molecule has 0 aliphatic heterocycles. The zero-order valence-electron chi connectivity index (χ0n) is 12.8. The van der Waals surface area contributed by atoms with Crippen LogP contribution in [0, 0.1) is 0 Å². The molecular weight excluding hydrogens is 304 g/mol. The lowest BCUT2D eigenvalue weighted by Gasteiger charge is -2.07. The van der Waals surface area contributed by atoms with E-state index in [-0.39, 0.29) is 0 Å². The summed E-state index contributed by atoms with van der Waals surface area (Å²) in [6.07, 6.45) is 4.33. The van der Waals surface area contributed by atoms with E-state index in [0.717, 1.165) is 31.3 Å². The summed E-state index contributed by atoms with van der Waals surface area (Å²) in [5.74, 6) is -0.961. The zero-order valence-corrected chi connectivity index (χ0v) is 13.6. The Morgan fingerprint density at radius 1 is 1.23 bits per heavy atom. The first-order valence-corrected chi connectivity index (χ1v) is 8.87. The molecule has 0 aromatic heterocycles. The predicted octanol–water partition coefficient (Wildman–Crippen LogP) is 1.29. The average Bonchev–Trinajstić information content (AvgIpc) is 2.42. The summed E-state index contributed by atoms with van der Waals surface area (Å²) in [4.78, 5) is 11.9. The van der Waals surface area contributed by atoms with E-state index in [2.05, 4.69) is 22.0 Å². The average molecular weight is 326 g/mol. The summed E-state index contributed by atoms with van der Waals surface area (Å²) in [5, 5.41) is 5.48. The molecule has 0 heterocycles. The molecule has 4 N–H and O–H groups in total. The number of benzene rings is 1. The highest BCUT2D eigenvalue weighted by Crippen LogP contribution is 2.10. The van der Waals surface area contributed by atoms with E-state index in [1.54, 1.807) is 24.3 Å². The molecule has 0 radical (unpaired) electrons. The molecule has 1 rings (SSSR count). The van der Waals surface area contributed by atoms with E-state index >= 15 is 0 Å². The molecule has 0 spiro atoms. The van der Waals surface area contributed by atoms with E-state index in [0.29, 0.717) is 5.56 Å². The van der Waals surface area contributed by atoms with E-state index in [1.807, 2.05) is 0 Å². The minimum atomic E-state index is -3.63. The third-order valence-electron chi connectivity index (χ3n) is 2.76. The van der Waals surface area contributed by atoms with Crippen LogP contribution >= 0.6 is 0 Å². The first-order chi connectivity index (χ1) is 10.3. The van der Waals surface area contributed by atoms with Crippen LogP contribution in [0.15, 0.2) is 28.7 Å². The van der Waals surface area contributed by atoms with Crippen molar-refractivity contribution in [1.82, 2.24) is 5.32 Å². The second-order valence-corrected chi connectivity index (χ2v) is 6.52. The number of anilines is 1. The van der Waals surface area contributed by atoms with Gasteiger partial charge < -0.3 is 11.1 Å². The number of unbranched alkanes of at least 4 members (excludes halogenated alkanes) is 2. The number of carbonyl (C=O) groups is 1. The summed E-state index contributed by atoms with van der Waals surface area (Å²) in [6.45, 7) is 3.03. The van der Waals surface area contributed by atoms with Gasteiger partial charge in [-0.25, -0.2) is 8.42 Å². The lowest BCUT2D eigenvalue weighted by atomic mass is 10.2. The number of amides is 1. The fourth-order valence-corrected chi connectivity index (χ4v) is 2.14. The third-order valence-corrected chi connectivity index (χ3v) is 3.29.